The number of hydrogen-bond donors (Lipinski definition) is 1. The molecule has 0 unspecified atom stereocenters. The van der Waals surface area contributed by atoms with E-state index < -0.39 is 15.9 Å². The van der Waals surface area contributed by atoms with E-state index in [1.807, 2.05) is 32.9 Å². The van der Waals surface area contributed by atoms with Gasteiger partial charge in [0.05, 0.1) is 21.5 Å². The summed E-state index contributed by atoms with van der Waals surface area (Å²) in [6.45, 7) is 5.41. The van der Waals surface area contributed by atoms with E-state index in [4.69, 9.17) is 23.2 Å². The van der Waals surface area contributed by atoms with Gasteiger partial charge in [-0.05, 0) is 73.9 Å². The molecule has 0 saturated carbocycles. The molecule has 3 aromatic rings. The van der Waals surface area contributed by atoms with Crippen molar-refractivity contribution >= 4 is 44.8 Å². The second-order valence-electron chi connectivity index (χ2n) is 7.68. The third-order valence-corrected chi connectivity index (χ3v) is 7.66. The van der Waals surface area contributed by atoms with E-state index in [2.05, 4.69) is 5.32 Å². The first-order chi connectivity index (χ1) is 15.1. The van der Waals surface area contributed by atoms with E-state index in [0.29, 0.717) is 21.3 Å². The number of carbonyl (C=O) groups is 1. The molecule has 0 fully saturated rings. The Kier molecular flexibility index (Phi) is 7.62. The first kappa shape index (κ1) is 24.3. The molecule has 0 bridgehead atoms. The average Bonchev–Trinajstić information content (AvgIpc) is 2.73. The molecule has 0 heterocycles. The van der Waals surface area contributed by atoms with Gasteiger partial charge in [-0.25, -0.2) is 8.42 Å². The van der Waals surface area contributed by atoms with E-state index in [1.54, 1.807) is 36.4 Å². The zero-order chi connectivity index (χ0) is 23.5. The molecule has 5 nitrogen and oxygen atoms in total. The summed E-state index contributed by atoms with van der Waals surface area (Å²) < 4.78 is 27.9. The monoisotopic (exact) mass is 490 g/mol. The van der Waals surface area contributed by atoms with Crippen LogP contribution in [0.4, 0.5) is 5.69 Å². The number of halogens is 2. The van der Waals surface area contributed by atoms with Crippen molar-refractivity contribution in [2.24, 2.45) is 0 Å². The highest BCUT2D eigenvalue weighted by molar-refractivity contribution is 7.89. The lowest BCUT2D eigenvalue weighted by atomic mass is 10.1. The van der Waals surface area contributed by atoms with Gasteiger partial charge in [0.25, 0.3) is 0 Å². The van der Waals surface area contributed by atoms with Crippen LogP contribution in [-0.4, -0.2) is 25.2 Å². The lowest BCUT2D eigenvalue weighted by Gasteiger charge is -2.22. The summed E-state index contributed by atoms with van der Waals surface area (Å²) in [7, 11) is -3.94. The highest BCUT2D eigenvalue weighted by Crippen LogP contribution is 2.25. The SMILES string of the molecule is Cc1ccc(S(=O)(=O)N(CC(=O)Nc2ccc(C)c(C)c2)Cc2ccc(Cl)c(Cl)c2)cc1. The molecule has 8 heteroatoms. The van der Waals surface area contributed by atoms with Crippen molar-refractivity contribution in [1.29, 1.82) is 0 Å². The van der Waals surface area contributed by atoms with Crippen molar-refractivity contribution in [2.75, 3.05) is 11.9 Å². The summed E-state index contributed by atoms with van der Waals surface area (Å²) in [5.74, 6) is -0.441. The number of aryl methyl sites for hydroxylation is 3. The fourth-order valence-electron chi connectivity index (χ4n) is 3.11. The number of benzene rings is 3. The molecule has 1 amide bonds. The van der Waals surface area contributed by atoms with Gasteiger partial charge < -0.3 is 5.32 Å². The van der Waals surface area contributed by atoms with Crippen molar-refractivity contribution in [3.05, 3.63) is 93.0 Å². The number of rotatable bonds is 7. The van der Waals surface area contributed by atoms with Crippen molar-refractivity contribution < 1.29 is 13.2 Å². The zero-order valence-electron chi connectivity index (χ0n) is 18.0. The van der Waals surface area contributed by atoms with Gasteiger partial charge >= 0.3 is 0 Å². The van der Waals surface area contributed by atoms with Gasteiger partial charge in [-0.15, -0.1) is 0 Å². The van der Waals surface area contributed by atoms with Crippen LogP contribution in [0, 0.1) is 20.8 Å². The molecule has 32 heavy (non-hydrogen) atoms. The van der Waals surface area contributed by atoms with Crippen LogP contribution in [0.2, 0.25) is 10.0 Å². The van der Waals surface area contributed by atoms with Crippen LogP contribution < -0.4 is 5.32 Å². The Balaban J connectivity index is 1.89. The number of nitrogens with zero attached hydrogens (tertiary/aromatic N) is 1. The van der Waals surface area contributed by atoms with Crippen molar-refractivity contribution in [3.8, 4) is 0 Å². The van der Waals surface area contributed by atoms with Crippen LogP contribution in [-0.2, 0) is 21.4 Å². The molecule has 0 aliphatic rings. The van der Waals surface area contributed by atoms with Gasteiger partial charge in [0.15, 0.2) is 0 Å². The Labute approximate surface area is 199 Å². The highest BCUT2D eigenvalue weighted by Gasteiger charge is 2.27. The third kappa shape index (κ3) is 5.90. The first-order valence-electron chi connectivity index (χ1n) is 9.94. The Morgan fingerprint density at radius 2 is 1.56 bits per heavy atom. The second kappa shape index (κ2) is 10.0. The molecule has 0 aromatic heterocycles. The Morgan fingerprint density at radius 1 is 0.875 bits per heavy atom. The predicted octanol–water partition coefficient (Wildman–Crippen LogP) is 5.75. The number of carbonyl (C=O) groups excluding carboxylic acids is 1. The lowest BCUT2D eigenvalue weighted by Crippen LogP contribution is -2.37. The van der Waals surface area contributed by atoms with Gasteiger partial charge in [0.2, 0.25) is 15.9 Å². The number of anilines is 1. The van der Waals surface area contributed by atoms with Crippen LogP contribution in [0.15, 0.2) is 65.6 Å². The van der Waals surface area contributed by atoms with Crippen LogP contribution in [0.5, 0.6) is 0 Å². The average molecular weight is 491 g/mol. The smallest absolute Gasteiger partial charge is 0.243 e. The van der Waals surface area contributed by atoms with Crippen molar-refractivity contribution in [2.45, 2.75) is 32.2 Å². The Morgan fingerprint density at radius 3 is 2.19 bits per heavy atom. The molecule has 0 aliphatic carbocycles. The molecule has 0 aliphatic heterocycles. The quantitative estimate of drug-likeness (QED) is 0.458. The van der Waals surface area contributed by atoms with Gasteiger partial charge in [0.1, 0.15) is 0 Å². The van der Waals surface area contributed by atoms with E-state index in [0.717, 1.165) is 21.0 Å². The zero-order valence-corrected chi connectivity index (χ0v) is 20.4. The van der Waals surface area contributed by atoms with Gasteiger partial charge in [-0.3, -0.25) is 4.79 Å². The van der Waals surface area contributed by atoms with Crippen LogP contribution in [0.25, 0.3) is 0 Å². The summed E-state index contributed by atoms with van der Waals surface area (Å²) in [4.78, 5) is 12.9. The fourth-order valence-corrected chi connectivity index (χ4v) is 4.81. The molecule has 0 saturated heterocycles. The minimum Gasteiger partial charge on any atom is -0.325 e. The standard InChI is InChI=1S/C24H24Cl2N2O3S/c1-16-4-9-21(10-5-16)32(30,31)28(14-19-7-11-22(25)23(26)13-19)15-24(29)27-20-8-6-17(2)18(3)12-20/h4-13H,14-15H2,1-3H3,(H,27,29). The molecule has 3 rings (SSSR count). The molecular formula is C24H24Cl2N2O3S. The summed E-state index contributed by atoms with van der Waals surface area (Å²) in [6, 6.07) is 17.0. The van der Waals surface area contributed by atoms with Crippen LogP contribution in [0.1, 0.15) is 22.3 Å². The van der Waals surface area contributed by atoms with E-state index in [9.17, 15) is 13.2 Å². The highest BCUT2D eigenvalue weighted by atomic mass is 35.5. The summed E-state index contributed by atoms with van der Waals surface area (Å²) in [6.07, 6.45) is 0. The minimum absolute atomic E-state index is 0.0343. The molecule has 0 atom stereocenters. The fraction of sp³-hybridized carbons (Fsp3) is 0.208. The first-order valence-corrected chi connectivity index (χ1v) is 12.1. The number of nitrogens with one attached hydrogen (secondary N) is 1. The van der Waals surface area contributed by atoms with Gasteiger partial charge in [0, 0.05) is 12.2 Å². The predicted molar refractivity (Wildman–Crippen MR) is 130 cm³/mol. The normalized spacial score (nSPS) is 11.6. The molecule has 168 valence electrons. The third-order valence-electron chi connectivity index (χ3n) is 5.11. The Bertz CT molecular complexity index is 1240. The largest absolute Gasteiger partial charge is 0.325 e. The van der Waals surface area contributed by atoms with Gasteiger partial charge in [-0.2, -0.15) is 4.31 Å². The van der Waals surface area contributed by atoms with Crippen molar-refractivity contribution in [3.63, 3.8) is 0 Å². The maximum absolute atomic E-state index is 13.4. The van der Waals surface area contributed by atoms with Gasteiger partial charge in [-0.1, -0.05) is 53.0 Å². The molecule has 3 aromatic carbocycles. The maximum Gasteiger partial charge on any atom is 0.243 e. The second-order valence-corrected chi connectivity index (χ2v) is 10.4. The minimum atomic E-state index is -3.94. The van der Waals surface area contributed by atoms with E-state index in [1.165, 1.54) is 12.1 Å². The summed E-state index contributed by atoms with van der Waals surface area (Å²) in [5.41, 5.74) is 4.30. The summed E-state index contributed by atoms with van der Waals surface area (Å²) >= 11 is 12.1. The Hall–Kier alpha value is -2.38. The van der Waals surface area contributed by atoms with E-state index in [-0.39, 0.29) is 18.0 Å². The number of amides is 1. The van der Waals surface area contributed by atoms with Crippen LogP contribution in [0.3, 0.4) is 0 Å². The summed E-state index contributed by atoms with van der Waals surface area (Å²) in [5, 5.41) is 3.47. The van der Waals surface area contributed by atoms with Crippen molar-refractivity contribution in [1.82, 2.24) is 4.31 Å². The topological polar surface area (TPSA) is 66.5 Å². The molecular weight excluding hydrogens is 467 g/mol. The van der Waals surface area contributed by atoms with E-state index >= 15 is 0 Å². The number of hydrogen-bond acceptors (Lipinski definition) is 3. The molecule has 0 radical (unpaired) electrons. The molecule has 0 spiro atoms. The maximum atomic E-state index is 13.4. The lowest BCUT2D eigenvalue weighted by molar-refractivity contribution is -0.116. The van der Waals surface area contributed by atoms with Crippen LogP contribution >= 0.6 is 23.2 Å². The number of sulfonamides is 1. The molecule has 1 N–H and O–H groups in total.